The van der Waals surface area contributed by atoms with E-state index in [0.29, 0.717) is 6.29 Å². The number of benzene rings is 1. The third-order valence-electron chi connectivity index (χ3n) is 1.79. The molecule has 0 aromatic heterocycles. The predicted octanol–water partition coefficient (Wildman–Crippen LogP) is 2.56. The average molecular weight is 218 g/mol. The molecule has 0 radical (unpaired) electrons. The van der Waals surface area contributed by atoms with Crippen LogP contribution in [0.4, 0.5) is 13.2 Å². The number of alkyl halides is 2. The van der Waals surface area contributed by atoms with Gasteiger partial charge in [-0.2, -0.15) is 8.78 Å². The highest BCUT2D eigenvalue weighted by atomic mass is 19.3. The summed E-state index contributed by atoms with van der Waals surface area (Å²) in [6, 6.07) is 3.86. The summed E-state index contributed by atoms with van der Waals surface area (Å²) < 4.78 is 41.0. The van der Waals surface area contributed by atoms with Crippen molar-refractivity contribution in [2.24, 2.45) is 0 Å². The average Bonchev–Trinajstić information content (AvgIpc) is 2.18. The molecule has 0 aliphatic carbocycles. The minimum atomic E-state index is -3.07. The van der Waals surface area contributed by atoms with Crippen molar-refractivity contribution < 1.29 is 22.7 Å². The Morgan fingerprint density at radius 3 is 2.73 bits per heavy atom. The zero-order chi connectivity index (χ0) is 11.3. The number of hydrogen-bond donors (Lipinski definition) is 0. The summed E-state index contributed by atoms with van der Waals surface area (Å²) in [5, 5.41) is 0. The monoisotopic (exact) mass is 218 g/mol. The van der Waals surface area contributed by atoms with Crippen LogP contribution < -0.4 is 4.74 Å². The lowest BCUT2D eigenvalue weighted by Crippen LogP contribution is -2.06. The minimum Gasteiger partial charge on any atom is -0.431 e. The highest BCUT2D eigenvalue weighted by Crippen LogP contribution is 2.25. The number of carbonyl (C=O) groups excluding carboxylic acids is 1. The molecule has 0 saturated carbocycles. The van der Waals surface area contributed by atoms with Crippen molar-refractivity contribution >= 4 is 6.29 Å². The number of rotatable bonds is 5. The van der Waals surface area contributed by atoms with E-state index in [9.17, 15) is 18.0 Å². The van der Waals surface area contributed by atoms with Gasteiger partial charge in [-0.3, -0.25) is 0 Å². The number of aldehydes is 1. The predicted molar refractivity (Wildman–Crippen MR) is 47.4 cm³/mol. The van der Waals surface area contributed by atoms with E-state index in [4.69, 9.17) is 0 Å². The summed E-state index contributed by atoms with van der Waals surface area (Å²) in [5.41, 5.74) is 0.266. The molecule has 15 heavy (non-hydrogen) atoms. The van der Waals surface area contributed by atoms with Gasteiger partial charge < -0.3 is 9.53 Å². The van der Waals surface area contributed by atoms with Crippen molar-refractivity contribution in [3.05, 3.63) is 29.6 Å². The number of hydrogen-bond acceptors (Lipinski definition) is 2. The maximum atomic E-state index is 13.1. The van der Waals surface area contributed by atoms with E-state index in [1.165, 1.54) is 12.1 Å². The summed E-state index contributed by atoms with van der Waals surface area (Å²) in [5.74, 6) is -1.33. The molecule has 0 amide bonds. The van der Waals surface area contributed by atoms with Gasteiger partial charge in [0.2, 0.25) is 0 Å². The molecule has 1 aromatic rings. The summed E-state index contributed by atoms with van der Waals surface area (Å²) in [4.78, 5) is 10.1. The van der Waals surface area contributed by atoms with E-state index in [1.807, 2.05) is 0 Å². The van der Waals surface area contributed by atoms with Crippen LogP contribution in [0.3, 0.4) is 0 Å². The molecule has 0 spiro atoms. The first-order chi connectivity index (χ1) is 7.15. The number of carbonyl (C=O) groups is 1. The minimum absolute atomic E-state index is 0.142. The summed E-state index contributed by atoms with van der Waals surface area (Å²) in [6.45, 7) is -3.07. The van der Waals surface area contributed by atoms with Gasteiger partial charge in [-0.1, -0.05) is 12.1 Å². The standard InChI is InChI=1S/C10H9F3O2/c11-8-5-1-3-7(4-2-6-14)9(8)15-10(12)13/h1,3,5-6,10H,2,4H2. The van der Waals surface area contributed by atoms with Crippen LogP contribution in [0.1, 0.15) is 12.0 Å². The Balaban J connectivity index is 2.91. The molecule has 0 saturated heterocycles. The van der Waals surface area contributed by atoms with Crippen LogP contribution >= 0.6 is 0 Å². The van der Waals surface area contributed by atoms with E-state index < -0.39 is 18.2 Å². The fourth-order valence-electron chi connectivity index (χ4n) is 1.19. The van der Waals surface area contributed by atoms with Crippen LogP contribution in [-0.4, -0.2) is 12.9 Å². The first-order valence-corrected chi connectivity index (χ1v) is 4.31. The highest BCUT2D eigenvalue weighted by molar-refractivity contribution is 5.51. The van der Waals surface area contributed by atoms with Crippen molar-refractivity contribution in [1.29, 1.82) is 0 Å². The first kappa shape index (κ1) is 11.6. The second-order valence-corrected chi connectivity index (χ2v) is 2.81. The van der Waals surface area contributed by atoms with Crippen molar-refractivity contribution in [1.82, 2.24) is 0 Å². The highest BCUT2D eigenvalue weighted by Gasteiger charge is 2.13. The van der Waals surface area contributed by atoms with E-state index >= 15 is 0 Å². The van der Waals surface area contributed by atoms with E-state index in [0.717, 1.165) is 6.07 Å². The number of para-hydroxylation sites is 1. The Morgan fingerprint density at radius 2 is 2.13 bits per heavy atom. The quantitative estimate of drug-likeness (QED) is 0.710. The van der Waals surface area contributed by atoms with Gasteiger partial charge in [0.15, 0.2) is 11.6 Å². The number of ether oxygens (including phenoxy) is 1. The van der Waals surface area contributed by atoms with E-state index in [-0.39, 0.29) is 18.4 Å². The third kappa shape index (κ3) is 3.27. The second kappa shape index (κ2) is 5.38. The van der Waals surface area contributed by atoms with Gasteiger partial charge in [0.05, 0.1) is 0 Å². The van der Waals surface area contributed by atoms with Gasteiger partial charge in [-0.15, -0.1) is 0 Å². The molecule has 0 fully saturated rings. The molecular formula is C10H9F3O2. The lowest BCUT2D eigenvalue weighted by molar-refractivity contribution is -0.107. The summed E-state index contributed by atoms with van der Waals surface area (Å²) in [6.07, 6.45) is 0.962. The molecule has 2 nitrogen and oxygen atoms in total. The zero-order valence-corrected chi connectivity index (χ0v) is 7.75. The zero-order valence-electron chi connectivity index (χ0n) is 7.75. The Morgan fingerprint density at radius 1 is 1.40 bits per heavy atom. The van der Waals surface area contributed by atoms with Crippen LogP contribution in [0.5, 0.6) is 5.75 Å². The van der Waals surface area contributed by atoms with Crippen LogP contribution in [0.15, 0.2) is 18.2 Å². The van der Waals surface area contributed by atoms with Crippen molar-refractivity contribution in [3.63, 3.8) is 0 Å². The van der Waals surface area contributed by atoms with Crippen LogP contribution in [0.25, 0.3) is 0 Å². The Hall–Kier alpha value is -1.52. The number of halogens is 3. The molecule has 0 N–H and O–H groups in total. The van der Waals surface area contributed by atoms with Gasteiger partial charge in [-0.25, -0.2) is 4.39 Å². The lowest BCUT2D eigenvalue weighted by atomic mass is 10.1. The molecular weight excluding hydrogens is 209 g/mol. The molecule has 1 aromatic carbocycles. The maximum absolute atomic E-state index is 13.1. The Labute approximate surface area is 84.7 Å². The molecule has 1 rings (SSSR count). The van der Waals surface area contributed by atoms with E-state index in [1.54, 1.807) is 0 Å². The van der Waals surface area contributed by atoms with Crippen LogP contribution in [0, 0.1) is 5.82 Å². The molecule has 0 unspecified atom stereocenters. The fourth-order valence-corrected chi connectivity index (χ4v) is 1.19. The molecule has 0 atom stereocenters. The summed E-state index contributed by atoms with van der Waals surface area (Å²) >= 11 is 0. The largest absolute Gasteiger partial charge is 0.431 e. The third-order valence-corrected chi connectivity index (χ3v) is 1.79. The Bertz CT molecular complexity index is 339. The molecule has 0 aliphatic heterocycles. The van der Waals surface area contributed by atoms with Gasteiger partial charge >= 0.3 is 6.61 Å². The molecule has 5 heteroatoms. The Kier molecular flexibility index (Phi) is 4.15. The van der Waals surface area contributed by atoms with Crippen molar-refractivity contribution in [2.75, 3.05) is 0 Å². The smallest absolute Gasteiger partial charge is 0.387 e. The maximum Gasteiger partial charge on any atom is 0.387 e. The van der Waals surface area contributed by atoms with Crippen LogP contribution in [-0.2, 0) is 11.2 Å². The molecule has 82 valence electrons. The van der Waals surface area contributed by atoms with Crippen molar-refractivity contribution in [3.8, 4) is 5.75 Å². The second-order valence-electron chi connectivity index (χ2n) is 2.81. The van der Waals surface area contributed by atoms with Gasteiger partial charge in [-0.05, 0) is 18.1 Å². The fraction of sp³-hybridized carbons (Fsp3) is 0.300. The SMILES string of the molecule is O=CCCc1cccc(F)c1OC(F)F. The topological polar surface area (TPSA) is 26.3 Å². The molecule has 0 aliphatic rings. The number of aryl methyl sites for hydroxylation is 1. The normalized spacial score (nSPS) is 10.4. The first-order valence-electron chi connectivity index (χ1n) is 4.31. The molecule has 0 heterocycles. The lowest BCUT2D eigenvalue weighted by Gasteiger charge is -2.10. The summed E-state index contributed by atoms with van der Waals surface area (Å²) in [7, 11) is 0. The van der Waals surface area contributed by atoms with Crippen molar-refractivity contribution in [2.45, 2.75) is 19.5 Å². The van der Waals surface area contributed by atoms with E-state index in [2.05, 4.69) is 4.74 Å². The molecule has 0 bridgehead atoms. The van der Waals surface area contributed by atoms with Gasteiger partial charge in [0.1, 0.15) is 6.29 Å². The van der Waals surface area contributed by atoms with Gasteiger partial charge in [0, 0.05) is 6.42 Å². The van der Waals surface area contributed by atoms with Gasteiger partial charge in [0.25, 0.3) is 0 Å². The van der Waals surface area contributed by atoms with Crippen LogP contribution in [0.2, 0.25) is 0 Å².